The Morgan fingerprint density at radius 2 is 0.978 bits per heavy atom. The van der Waals surface area contributed by atoms with Gasteiger partial charge in [-0.15, -0.1) is 0 Å². The van der Waals surface area contributed by atoms with Crippen LogP contribution in [0.1, 0.15) is 60.5 Å². The average molecular weight is 631 g/mol. The summed E-state index contributed by atoms with van der Waals surface area (Å²) in [7, 11) is 0. The molecule has 0 heterocycles. The number of hydrogen-bond acceptors (Lipinski definition) is 10. The number of benzene rings is 3. The fourth-order valence-electron chi connectivity index (χ4n) is 2.92. The van der Waals surface area contributed by atoms with Crippen LogP contribution >= 0.6 is 0 Å². The lowest BCUT2D eigenvalue weighted by Gasteiger charge is -2.12. The van der Waals surface area contributed by atoms with Crippen LogP contribution < -0.4 is 23.7 Å². The first-order valence-corrected chi connectivity index (χ1v) is 11.5. The van der Waals surface area contributed by atoms with Crippen molar-refractivity contribution in [3.05, 3.63) is 103 Å². The summed E-state index contributed by atoms with van der Waals surface area (Å²) in [6.45, 7) is 7.85. The van der Waals surface area contributed by atoms with E-state index in [9.17, 15) is 14.4 Å². The largest absolute Gasteiger partial charge is 0.457 e. The van der Waals surface area contributed by atoms with Gasteiger partial charge in [0.1, 0.15) is 28.7 Å². The van der Waals surface area contributed by atoms with Gasteiger partial charge in [0.25, 0.3) is 0 Å². The number of rotatable bonds is 14. The number of carbonyl (C=O) groups excluding carboxylic acids is 3. The molecule has 45 heavy (non-hydrogen) atoms. The Balaban J connectivity index is -0.00000140. The lowest BCUT2D eigenvalue weighted by atomic mass is 10.2. The van der Waals surface area contributed by atoms with Crippen LogP contribution in [0, 0.1) is 6.92 Å². The molecular weight excluding hydrogens is 580 g/mol. The van der Waals surface area contributed by atoms with Crippen molar-refractivity contribution in [2.24, 2.45) is 0 Å². The van der Waals surface area contributed by atoms with Gasteiger partial charge in [-0.1, -0.05) is 57.7 Å². The van der Waals surface area contributed by atoms with Crippen LogP contribution in [0.4, 0.5) is 0 Å². The monoisotopic (exact) mass is 630 g/mol. The van der Waals surface area contributed by atoms with Crippen LogP contribution in [0.5, 0.6) is 28.7 Å². The van der Waals surface area contributed by atoms with Crippen molar-refractivity contribution in [2.75, 3.05) is 20.4 Å². The summed E-state index contributed by atoms with van der Waals surface area (Å²) in [6, 6.07) is 17.8. The number of ether oxygens (including phenoxy) is 7. The van der Waals surface area contributed by atoms with Crippen LogP contribution in [0.15, 0.2) is 92.0 Å². The molecule has 0 amide bonds. The molecule has 0 N–H and O–H groups in total. The zero-order valence-corrected chi connectivity index (χ0v) is 21.1. The molecule has 0 radical (unpaired) electrons. The summed E-state index contributed by atoms with van der Waals surface area (Å²) >= 11 is 0. The minimum Gasteiger partial charge on any atom is -0.457 e. The molecule has 0 atom stereocenters. The highest BCUT2D eigenvalue weighted by molar-refractivity contribution is 5.91. The minimum absolute atomic E-state index is 0. The normalized spacial score (nSPS) is 8.64. The van der Waals surface area contributed by atoms with E-state index in [4.69, 9.17) is 33.2 Å². The van der Waals surface area contributed by atoms with Crippen molar-refractivity contribution in [1.82, 2.24) is 0 Å². The lowest BCUT2D eigenvalue weighted by Crippen LogP contribution is -2.10. The molecule has 10 nitrogen and oxygen atoms in total. The maximum atomic E-state index is 12.5. The Kier molecular flexibility index (Phi) is 25.1. The van der Waals surface area contributed by atoms with E-state index in [1.165, 1.54) is 12.1 Å². The van der Waals surface area contributed by atoms with Crippen molar-refractivity contribution in [3.63, 3.8) is 0 Å². The maximum Gasteiger partial charge on any atom is 0.343 e. The van der Waals surface area contributed by atoms with Crippen molar-refractivity contribution in [2.45, 2.75) is 51.5 Å². The summed E-state index contributed by atoms with van der Waals surface area (Å²) in [5.41, 5.74) is 1.05. The van der Waals surface area contributed by atoms with Crippen molar-refractivity contribution in [3.8, 4) is 28.7 Å². The SMILES string of the molecule is C.C.C.C.C.C.C=CC(=O)OCOc1ccc(OCOc2ccc(OC(=O)c3ccc(OCOC(=O)C=C)cc3)cc2C)cc1. The van der Waals surface area contributed by atoms with Crippen molar-refractivity contribution < 1.29 is 47.5 Å². The third kappa shape index (κ3) is 15.7. The van der Waals surface area contributed by atoms with Crippen LogP contribution in [-0.2, 0) is 19.1 Å². The van der Waals surface area contributed by atoms with Gasteiger partial charge in [0.2, 0.25) is 20.4 Å². The molecule has 3 aromatic rings. The minimum atomic E-state index is -0.599. The van der Waals surface area contributed by atoms with Gasteiger partial charge >= 0.3 is 17.9 Å². The van der Waals surface area contributed by atoms with E-state index in [0.29, 0.717) is 34.3 Å². The van der Waals surface area contributed by atoms with Gasteiger partial charge in [0.05, 0.1) is 5.56 Å². The third-order valence-corrected chi connectivity index (χ3v) is 4.90. The Morgan fingerprint density at radius 1 is 0.578 bits per heavy atom. The Morgan fingerprint density at radius 3 is 1.40 bits per heavy atom. The molecule has 0 aromatic heterocycles. The van der Waals surface area contributed by atoms with Gasteiger partial charge < -0.3 is 33.2 Å². The van der Waals surface area contributed by atoms with E-state index >= 15 is 0 Å². The summed E-state index contributed by atoms with van der Waals surface area (Å²) in [5.74, 6) is 0.630. The van der Waals surface area contributed by atoms with Gasteiger partial charge in [-0.2, -0.15) is 0 Å². The van der Waals surface area contributed by atoms with Crippen LogP contribution in [-0.4, -0.2) is 38.3 Å². The fraction of sp³-hybridized carbons (Fsp3) is 0.286. The molecule has 0 bridgehead atoms. The second-order valence-corrected chi connectivity index (χ2v) is 7.58. The number of esters is 3. The molecule has 10 heteroatoms. The predicted octanol–water partition coefficient (Wildman–Crippen LogP) is 8.58. The molecule has 3 rings (SSSR count). The second kappa shape index (κ2) is 24.2. The highest BCUT2D eigenvalue weighted by Gasteiger charge is 2.11. The fourth-order valence-corrected chi connectivity index (χ4v) is 2.92. The molecule has 0 saturated carbocycles. The van der Waals surface area contributed by atoms with Gasteiger partial charge in [0, 0.05) is 12.2 Å². The maximum absolute atomic E-state index is 12.5. The van der Waals surface area contributed by atoms with E-state index in [0.717, 1.165) is 17.7 Å². The first kappa shape index (κ1) is 46.7. The van der Waals surface area contributed by atoms with Crippen LogP contribution in [0.3, 0.4) is 0 Å². The second-order valence-electron chi connectivity index (χ2n) is 7.58. The van der Waals surface area contributed by atoms with Gasteiger partial charge in [-0.05, 0) is 79.2 Å². The zero-order valence-electron chi connectivity index (χ0n) is 21.1. The van der Waals surface area contributed by atoms with E-state index in [-0.39, 0.29) is 64.9 Å². The van der Waals surface area contributed by atoms with E-state index < -0.39 is 17.9 Å². The Hall–Kier alpha value is -5.25. The van der Waals surface area contributed by atoms with Gasteiger partial charge in [-0.3, -0.25) is 0 Å². The highest BCUT2D eigenvalue weighted by atomic mass is 16.7. The molecule has 0 saturated heterocycles. The molecule has 0 spiro atoms. The van der Waals surface area contributed by atoms with Crippen LogP contribution in [0.2, 0.25) is 0 Å². The molecule has 3 aromatic carbocycles. The third-order valence-electron chi connectivity index (χ3n) is 4.90. The van der Waals surface area contributed by atoms with Gasteiger partial charge in [0.15, 0.2) is 0 Å². The van der Waals surface area contributed by atoms with E-state index in [2.05, 4.69) is 13.2 Å². The number of hydrogen-bond donors (Lipinski definition) is 0. The zero-order chi connectivity index (χ0) is 28.0. The van der Waals surface area contributed by atoms with Crippen LogP contribution in [0.25, 0.3) is 0 Å². The van der Waals surface area contributed by atoms with E-state index in [1.54, 1.807) is 54.6 Å². The molecule has 0 aliphatic rings. The smallest absolute Gasteiger partial charge is 0.343 e. The predicted molar refractivity (Wildman–Crippen MR) is 179 cm³/mol. The number of carbonyl (C=O) groups is 3. The quantitative estimate of drug-likeness (QED) is 0.0742. The number of aryl methyl sites for hydroxylation is 1. The van der Waals surface area contributed by atoms with E-state index in [1.807, 2.05) is 6.92 Å². The molecule has 0 unspecified atom stereocenters. The molecule has 0 aliphatic heterocycles. The summed E-state index contributed by atoms with van der Waals surface area (Å²) in [4.78, 5) is 34.5. The standard InChI is InChI=1S/C29H26O10.6CH4/c1-4-27(30)37-18-34-22-8-6-21(7-9-22)29(32)39-25-14-15-26(20(3)16-25)36-17-33-23-10-12-24(13-11-23)35-19-38-28(31)5-2;;;;;;/h4-16H,1-2,17-19H2,3H3;6*1H4. The summed E-state index contributed by atoms with van der Waals surface area (Å²) in [6.07, 6.45) is 2.08. The molecule has 250 valence electrons. The van der Waals surface area contributed by atoms with Gasteiger partial charge in [-0.25, -0.2) is 14.4 Å². The summed E-state index contributed by atoms with van der Waals surface area (Å²) in [5, 5.41) is 0. The van der Waals surface area contributed by atoms with Crippen molar-refractivity contribution >= 4 is 17.9 Å². The molecule has 0 aliphatic carbocycles. The topological polar surface area (TPSA) is 116 Å². The van der Waals surface area contributed by atoms with Crippen molar-refractivity contribution in [1.29, 1.82) is 0 Å². The summed E-state index contributed by atoms with van der Waals surface area (Å²) < 4.78 is 36.7. The Bertz CT molecular complexity index is 1300. The molecular formula is C35H50O10. The first-order valence-electron chi connectivity index (χ1n) is 11.5. The average Bonchev–Trinajstić information content (AvgIpc) is 2.95. The highest BCUT2D eigenvalue weighted by Crippen LogP contribution is 2.25. The Labute approximate surface area is 269 Å². The molecule has 0 fully saturated rings. The lowest BCUT2D eigenvalue weighted by molar-refractivity contribution is -0.145. The first-order chi connectivity index (χ1) is 18.9.